The number of esters is 2. The highest BCUT2D eigenvalue weighted by atomic mass is 35.5. The van der Waals surface area contributed by atoms with E-state index in [-0.39, 0.29) is 18.6 Å². The van der Waals surface area contributed by atoms with Gasteiger partial charge in [-0.3, -0.25) is 0 Å². The van der Waals surface area contributed by atoms with Gasteiger partial charge >= 0.3 is 18.9 Å². The number of hydrogen-bond donors (Lipinski definition) is 0. The van der Waals surface area contributed by atoms with Gasteiger partial charge in [-0.25, -0.2) is 9.59 Å². The van der Waals surface area contributed by atoms with Crippen LogP contribution in [0.5, 0.6) is 0 Å². The summed E-state index contributed by atoms with van der Waals surface area (Å²) in [5.41, 5.74) is 11.6. The van der Waals surface area contributed by atoms with Gasteiger partial charge in [-0.1, -0.05) is 103 Å². The molecule has 6 aromatic rings. The van der Waals surface area contributed by atoms with E-state index in [1.54, 1.807) is 48.5 Å². The van der Waals surface area contributed by atoms with E-state index in [4.69, 9.17) is 32.7 Å². The molecule has 6 nitrogen and oxygen atoms in total. The monoisotopic (exact) mass is 880 g/mol. The SMILES string of the molecule is ClCCl.O=C(OCc1ccccc1)c1ccc(C2=[N+]3C(=C(c4ccccc4)c4c5c(c(-c6ccc(C(=O)OCc7ccccc7)cc6)n4[B-]3(F)F)CCCC5)C3=C2CCCC3)cc1. The average molecular weight is 882 g/mol. The van der Waals surface area contributed by atoms with Gasteiger partial charge in [-0.2, -0.15) is 0 Å². The first-order chi connectivity index (χ1) is 30.8. The van der Waals surface area contributed by atoms with Gasteiger partial charge in [0.15, 0.2) is 11.4 Å². The van der Waals surface area contributed by atoms with Crippen LogP contribution >= 0.6 is 23.2 Å². The molecule has 0 unspecified atom stereocenters. The van der Waals surface area contributed by atoms with Crippen LogP contribution in [0.2, 0.25) is 0 Å². The van der Waals surface area contributed by atoms with Crippen molar-refractivity contribution in [1.82, 2.24) is 4.48 Å². The topological polar surface area (TPSA) is 60.5 Å². The Morgan fingerprint density at radius 1 is 0.556 bits per heavy atom. The summed E-state index contributed by atoms with van der Waals surface area (Å²) in [6, 6.07) is 42.9. The first-order valence-corrected chi connectivity index (χ1v) is 22.6. The van der Waals surface area contributed by atoms with Crippen molar-refractivity contribution >= 4 is 53.4 Å². The summed E-state index contributed by atoms with van der Waals surface area (Å²) in [6.07, 6.45) is 6.41. The van der Waals surface area contributed by atoms with Crippen LogP contribution in [-0.2, 0) is 35.5 Å². The largest absolute Gasteiger partial charge is 0.737 e. The van der Waals surface area contributed by atoms with Crippen LogP contribution in [0.4, 0.5) is 8.63 Å². The van der Waals surface area contributed by atoms with Gasteiger partial charge in [0.2, 0.25) is 0 Å². The second kappa shape index (κ2) is 18.4. The van der Waals surface area contributed by atoms with Crippen molar-refractivity contribution < 1.29 is 32.2 Å². The molecule has 63 heavy (non-hydrogen) atoms. The number of carbonyl (C=O) groups is 2. The molecule has 3 heterocycles. The van der Waals surface area contributed by atoms with E-state index in [0.29, 0.717) is 70.7 Å². The van der Waals surface area contributed by atoms with Gasteiger partial charge in [-0.05, 0) is 121 Å². The predicted molar refractivity (Wildman–Crippen MR) is 246 cm³/mol. The minimum absolute atomic E-state index is 0.139. The highest BCUT2D eigenvalue weighted by Crippen LogP contribution is 2.52. The number of benzene rings is 5. The lowest BCUT2D eigenvalue weighted by Crippen LogP contribution is -2.52. The molecule has 0 bridgehead atoms. The lowest BCUT2D eigenvalue weighted by Gasteiger charge is -2.35. The van der Waals surface area contributed by atoms with Crippen LogP contribution < -0.4 is 0 Å². The Morgan fingerprint density at radius 2 is 1.00 bits per heavy atom. The normalized spacial score (nSPS) is 16.0. The van der Waals surface area contributed by atoms with Gasteiger partial charge in [0.05, 0.1) is 22.0 Å². The molecule has 2 aliphatic carbocycles. The van der Waals surface area contributed by atoms with Crippen LogP contribution in [0.3, 0.4) is 0 Å². The summed E-state index contributed by atoms with van der Waals surface area (Å²) < 4.78 is 51.0. The number of aromatic nitrogens is 1. The van der Waals surface area contributed by atoms with Crippen molar-refractivity contribution in [2.75, 3.05) is 5.34 Å². The van der Waals surface area contributed by atoms with Crippen LogP contribution in [0.15, 0.2) is 156 Å². The van der Waals surface area contributed by atoms with E-state index in [9.17, 15) is 9.59 Å². The second-order valence-electron chi connectivity index (χ2n) is 16.2. The van der Waals surface area contributed by atoms with Gasteiger partial charge < -0.3 is 27.1 Å². The van der Waals surface area contributed by atoms with Crippen LogP contribution in [0, 0.1) is 0 Å². The van der Waals surface area contributed by atoms with Gasteiger partial charge in [0, 0.05) is 28.1 Å². The standard InChI is InChI=1S/C51H43BF2N2O4.CH2Cl2/c53-52(54)55-46(37-24-28-39(29-25-37)50(57)59-32-34-14-4-1-5-15-34)41-20-10-12-22-43(41)48(55)45(36-18-8-3-9-19-36)49-44-23-13-11-21-42(44)47(56(49)52)38-26-30-40(31-27-38)51(58)60-33-35-16-6-2-7-17-35;2-1-3/h1-9,14-19,24-31H,10-13,20-23,32-33H2;1H2. The lowest BCUT2D eigenvalue weighted by molar-refractivity contribution is -0.362. The maximum absolute atomic E-state index is 18.5. The fourth-order valence-corrected chi connectivity index (χ4v) is 9.70. The van der Waals surface area contributed by atoms with E-state index in [1.165, 1.54) is 8.96 Å². The molecule has 5 aromatic carbocycles. The average Bonchev–Trinajstić information content (AvgIpc) is 3.87. The molecule has 318 valence electrons. The molecule has 2 aliphatic heterocycles. The Morgan fingerprint density at radius 3 is 1.52 bits per heavy atom. The summed E-state index contributed by atoms with van der Waals surface area (Å²) >= 11 is 9.53. The van der Waals surface area contributed by atoms with Crippen molar-refractivity contribution in [1.29, 1.82) is 0 Å². The van der Waals surface area contributed by atoms with E-state index in [2.05, 4.69) is 0 Å². The molecule has 11 heteroatoms. The molecule has 4 aliphatic rings. The third-order valence-electron chi connectivity index (χ3n) is 12.4. The molecule has 0 fully saturated rings. The van der Waals surface area contributed by atoms with E-state index in [1.807, 2.05) is 91.0 Å². The van der Waals surface area contributed by atoms with Crippen molar-refractivity contribution in [3.05, 3.63) is 207 Å². The summed E-state index contributed by atoms with van der Waals surface area (Å²) in [4.78, 5) is 26.3. The second-order valence-corrected chi connectivity index (χ2v) is 17.0. The van der Waals surface area contributed by atoms with Crippen molar-refractivity contribution in [2.24, 2.45) is 0 Å². The molecule has 0 saturated heterocycles. The molecule has 0 spiro atoms. The van der Waals surface area contributed by atoms with Crippen molar-refractivity contribution in [2.45, 2.75) is 64.6 Å². The van der Waals surface area contributed by atoms with Gasteiger partial charge in [-0.15, -0.1) is 23.2 Å². The highest BCUT2D eigenvalue weighted by molar-refractivity contribution is 6.59. The first kappa shape index (κ1) is 42.3. The Balaban J connectivity index is 0.00000164. The summed E-state index contributed by atoms with van der Waals surface area (Å²) in [5, 5.41) is 0.194. The number of carbonyl (C=O) groups excluding carboxylic acids is 2. The molecule has 1 aromatic heterocycles. The van der Waals surface area contributed by atoms with Crippen LogP contribution in [0.1, 0.15) is 98.3 Å². The maximum Gasteiger partial charge on any atom is 0.737 e. The summed E-state index contributed by atoms with van der Waals surface area (Å²) in [5.74, 6) is -0.942. The number of alkyl halides is 2. The quantitative estimate of drug-likeness (QED) is 0.0824. The third-order valence-corrected chi connectivity index (χ3v) is 12.4. The first-order valence-electron chi connectivity index (χ1n) is 21.5. The summed E-state index contributed by atoms with van der Waals surface area (Å²) in [7, 11) is 0. The van der Waals surface area contributed by atoms with Crippen molar-refractivity contribution in [3.8, 4) is 11.3 Å². The third kappa shape index (κ3) is 8.09. The van der Waals surface area contributed by atoms with Gasteiger partial charge in [0.25, 0.3) is 0 Å². The van der Waals surface area contributed by atoms with E-state index in [0.717, 1.165) is 70.2 Å². The minimum atomic E-state index is -4.47. The zero-order valence-corrected chi connectivity index (χ0v) is 36.2. The van der Waals surface area contributed by atoms with Gasteiger partial charge in [0.1, 0.15) is 13.2 Å². The molecule has 0 amide bonds. The lowest BCUT2D eigenvalue weighted by atomic mass is 9.81. The Kier molecular flexibility index (Phi) is 12.3. The van der Waals surface area contributed by atoms with Crippen LogP contribution in [0.25, 0.3) is 16.8 Å². The molecular formula is C52H45BCl2F2N2O4. The molecule has 0 saturated carbocycles. The van der Waals surface area contributed by atoms with E-state index < -0.39 is 18.9 Å². The number of ether oxygens (including phenoxy) is 2. The molecule has 10 rings (SSSR count). The molecule has 0 atom stereocenters. The Hall–Kier alpha value is -6.03. The Labute approximate surface area is 376 Å². The fourth-order valence-electron chi connectivity index (χ4n) is 9.70. The highest BCUT2D eigenvalue weighted by Gasteiger charge is 2.59. The number of allylic oxidation sites excluding steroid dienone is 2. The molecule has 0 N–H and O–H groups in total. The minimum Gasteiger partial charge on any atom is -0.457 e. The zero-order chi connectivity index (χ0) is 43.5. The smallest absolute Gasteiger partial charge is 0.457 e. The zero-order valence-electron chi connectivity index (χ0n) is 34.7. The number of halogens is 4. The Bertz CT molecular complexity index is 2770. The van der Waals surface area contributed by atoms with Crippen molar-refractivity contribution in [3.63, 3.8) is 0 Å². The molecular weight excluding hydrogens is 836 g/mol. The maximum atomic E-state index is 18.5. The summed E-state index contributed by atoms with van der Waals surface area (Å²) in [6.45, 7) is -4.19. The molecule has 0 radical (unpaired) electrons. The fraction of sp³-hybridized carbons (Fsp3) is 0.212. The predicted octanol–water partition coefficient (Wildman–Crippen LogP) is 12.6. The van der Waals surface area contributed by atoms with E-state index >= 15 is 8.63 Å². The number of nitrogens with zero attached hydrogens (tertiary/aromatic N) is 2. The number of fused-ring (bicyclic) bond motifs is 5. The van der Waals surface area contributed by atoms with Crippen LogP contribution in [-0.4, -0.2) is 38.9 Å². The number of hydrogen-bond acceptors (Lipinski definition) is 4. The number of rotatable bonds is 9.